The van der Waals surface area contributed by atoms with Crippen molar-refractivity contribution in [1.29, 1.82) is 0 Å². The zero-order valence-electron chi connectivity index (χ0n) is 10.5. The van der Waals surface area contributed by atoms with E-state index in [-0.39, 0.29) is 11.9 Å². The Morgan fingerprint density at radius 2 is 2.17 bits per heavy atom. The summed E-state index contributed by atoms with van der Waals surface area (Å²) in [4.78, 5) is 27.2. The standard InChI is InChI=1S/C12H16N2O3S/c1-6(10-13-4-5-18-10)14-9(15)7-8(11(16)17)12(7,2)3/h4-8H,1-3H3,(H,14,15)(H,16,17). The fourth-order valence-corrected chi connectivity index (χ4v) is 3.05. The summed E-state index contributed by atoms with van der Waals surface area (Å²) >= 11 is 1.47. The van der Waals surface area contributed by atoms with Gasteiger partial charge in [-0.3, -0.25) is 9.59 Å². The number of nitrogens with zero attached hydrogens (tertiary/aromatic N) is 1. The molecule has 1 heterocycles. The van der Waals surface area contributed by atoms with E-state index in [4.69, 9.17) is 5.11 Å². The van der Waals surface area contributed by atoms with Crippen molar-refractivity contribution in [1.82, 2.24) is 10.3 Å². The summed E-state index contributed by atoms with van der Waals surface area (Å²) in [7, 11) is 0. The maximum absolute atomic E-state index is 12.0. The third kappa shape index (κ3) is 2.12. The van der Waals surface area contributed by atoms with Crippen LogP contribution in [-0.4, -0.2) is 22.0 Å². The van der Waals surface area contributed by atoms with Gasteiger partial charge in [0.2, 0.25) is 5.91 Å². The second kappa shape index (κ2) is 4.35. The molecular weight excluding hydrogens is 252 g/mol. The number of thiazole rings is 1. The molecule has 0 bridgehead atoms. The Morgan fingerprint density at radius 1 is 1.50 bits per heavy atom. The van der Waals surface area contributed by atoms with E-state index in [2.05, 4.69) is 10.3 Å². The molecule has 1 aliphatic rings. The Morgan fingerprint density at radius 3 is 2.61 bits per heavy atom. The lowest BCUT2D eigenvalue weighted by molar-refractivity contribution is -0.140. The second-order valence-corrected chi connectivity index (χ2v) is 6.14. The molecule has 3 unspecified atom stereocenters. The summed E-state index contributed by atoms with van der Waals surface area (Å²) in [6.07, 6.45) is 1.68. The second-order valence-electron chi connectivity index (χ2n) is 5.22. The summed E-state index contributed by atoms with van der Waals surface area (Å²) in [5.41, 5.74) is -0.460. The van der Waals surface area contributed by atoms with Gasteiger partial charge in [0.1, 0.15) is 5.01 Å². The zero-order valence-corrected chi connectivity index (χ0v) is 11.3. The molecule has 5 nitrogen and oxygen atoms in total. The van der Waals surface area contributed by atoms with Crippen LogP contribution in [0.3, 0.4) is 0 Å². The number of aromatic nitrogens is 1. The average molecular weight is 268 g/mol. The molecule has 1 aliphatic carbocycles. The molecule has 1 fully saturated rings. The normalized spacial score (nSPS) is 26.4. The Balaban J connectivity index is 2.00. The van der Waals surface area contributed by atoms with Crippen LogP contribution in [0.15, 0.2) is 11.6 Å². The highest BCUT2D eigenvalue weighted by atomic mass is 32.1. The molecule has 1 aromatic rings. The molecule has 0 radical (unpaired) electrons. The molecule has 98 valence electrons. The van der Waals surface area contributed by atoms with Crippen molar-refractivity contribution in [3.8, 4) is 0 Å². The van der Waals surface area contributed by atoms with Crippen molar-refractivity contribution in [3.63, 3.8) is 0 Å². The third-order valence-corrected chi connectivity index (χ3v) is 4.51. The van der Waals surface area contributed by atoms with E-state index in [0.717, 1.165) is 5.01 Å². The van der Waals surface area contributed by atoms with Crippen molar-refractivity contribution >= 4 is 23.2 Å². The maximum Gasteiger partial charge on any atom is 0.307 e. The van der Waals surface area contributed by atoms with Gasteiger partial charge in [-0.1, -0.05) is 13.8 Å². The zero-order chi connectivity index (χ0) is 13.5. The van der Waals surface area contributed by atoms with E-state index in [1.807, 2.05) is 26.2 Å². The predicted octanol–water partition coefficient (Wildman–Crippen LogP) is 1.68. The number of hydrogen-bond acceptors (Lipinski definition) is 4. The molecule has 0 aliphatic heterocycles. The molecule has 1 aromatic heterocycles. The van der Waals surface area contributed by atoms with Crippen LogP contribution in [0.25, 0.3) is 0 Å². The summed E-state index contributed by atoms with van der Waals surface area (Å²) in [5, 5.41) is 14.5. The molecule has 1 saturated carbocycles. The highest BCUT2D eigenvalue weighted by Crippen LogP contribution is 2.58. The van der Waals surface area contributed by atoms with Gasteiger partial charge in [0.15, 0.2) is 0 Å². The molecule has 2 rings (SSSR count). The smallest absolute Gasteiger partial charge is 0.307 e. The van der Waals surface area contributed by atoms with E-state index in [1.165, 1.54) is 11.3 Å². The summed E-state index contributed by atoms with van der Waals surface area (Å²) in [5.74, 6) is -2.13. The van der Waals surface area contributed by atoms with Gasteiger partial charge in [0, 0.05) is 11.6 Å². The predicted molar refractivity (Wildman–Crippen MR) is 67.1 cm³/mol. The van der Waals surface area contributed by atoms with Crippen molar-refractivity contribution < 1.29 is 14.7 Å². The van der Waals surface area contributed by atoms with Crippen LogP contribution in [0.1, 0.15) is 31.8 Å². The first kappa shape index (κ1) is 13.0. The van der Waals surface area contributed by atoms with Crippen LogP contribution in [0.4, 0.5) is 0 Å². The molecule has 6 heteroatoms. The van der Waals surface area contributed by atoms with Crippen LogP contribution in [-0.2, 0) is 9.59 Å². The highest BCUT2D eigenvalue weighted by molar-refractivity contribution is 7.09. The maximum atomic E-state index is 12.0. The number of carbonyl (C=O) groups excluding carboxylic acids is 1. The van der Waals surface area contributed by atoms with Crippen LogP contribution >= 0.6 is 11.3 Å². The van der Waals surface area contributed by atoms with Crippen molar-refractivity contribution in [2.75, 3.05) is 0 Å². The van der Waals surface area contributed by atoms with Crippen LogP contribution in [0.2, 0.25) is 0 Å². The fourth-order valence-electron chi connectivity index (χ4n) is 2.40. The van der Waals surface area contributed by atoms with Crippen LogP contribution in [0.5, 0.6) is 0 Å². The molecule has 18 heavy (non-hydrogen) atoms. The van der Waals surface area contributed by atoms with Gasteiger partial charge in [-0.05, 0) is 12.3 Å². The van der Waals surface area contributed by atoms with Gasteiger partial charge in [-0.25, -0.2) is 4.98 Å². The Bertz CT molecular complexity index is 470. The number of carboxylic acids is 1. The molecule has 0 aromatic carbocycles. The van der Waals surface area contributed by atoms with Gasteiger partial charge in [-0.2, -0.15) is 0 Å². The number of carboxylic acid groups (broad SMARTS) is 1. The molecule has 0 spiro atoms. The van der Waals surface area contributed by atoms with Crippen molar-refractivity contribution in [2.45, 2.75) is 26.8 Å². The average Bonchev–Trinajstić information content (AvgIpc) is 2.67. The first-order valence-corrected chi connectivity index (χ1v) is 6.66. The minimum Gasteiger partial charge on any atom is -0.481 e. The lowest BCUT2D eigenvalue weighted by atomic mass is 10.1. The SMILES string of the molecule is CC(NC(=O)C1C(C(=O)O)C1(C)C)c1nccs1. The topological polar surface area (TPSA) is 79.3 Å². The van der Waals surface area contributed by atoms with E-state index in [0.29, 0.717) is 0 Å². The molecule has 0 saturated heterocycles. The van der Waals surface area contributed by atoms with Gasteiger partial charge in [0.25, 0.3) is 0 Å². The van der Waals surface area contributed by atoms with E-state index in [9.17, 15) is 9.59 Å². The molecule has 1 amide bonds. The van der Waals surface area contributed by atoms with Gasteiger partial charge >= 0.3 is 5.97 Å². The Kier molecular flexibility index (Phi) is 3.14. The monoisotopic (exact) mass is 268 g/mol. The summed E-state index contributed by atoms with van der Waals surface area (Å²) < 4.78 is 0. The Hall–Kier alpha value is -1.43. The number of nitrogens with one attached hydrogen (secondary N) is 1. The molecule has 2 N–H and O–H groups in total. The summed E-state index contributed by atoms with van der Waals surface area (Å²) in [6, 6.07) is -0.177. The largest absolute Gasteiger partial charge is 0.481 e. The van der Waals surface area contributed by atoms with Crippen LogP contribution < -0.4 is 5.32 Å². The minimum absolute atomic E-state index is 0.177. The lowest BCUT2D eigenvalue weighted by Crippen LogP contribution is -2.29. The number of amides is 1. The van der Waals surface area contributed by atoms with E-state index < -0.39 is 23.2 Å². The van der Waals surface area contributed by atoms with Crippen molar-refractivity contribution in [3.05, 3.63) is 16.6 Å². The number of aliphatic carboxylic acids is 1. The first-order valence-electron chi connectivity index (χ1n) is 5.78. The lowest BCUT2D eigenvalue weighted by Gasteiger charge is -2.11. The highest BCUT2D eigenvalue weighted by Gasteiger charge is 2.65. The third-order valence-electron chi connectivity index (χ3n) is 3.56. The van der Waals surface area contributed by atoms with Crippen molar-refractivity contribution in [2.24, 2.45) is 17.3 Å². The van der Waals surface area contributed by atoms with Gasteiger partial charge < -0.3 is 10.4 Å². The summed E-state index contributed by atoms with van der Waals surface area (Å²) in [6.45, 7) is 5.47. The van der Waals surface area contributed by atoms with E-state index in [1.54, 1.807) is 6.20 Å². The molecular formula is C12H16N2O3S. The van der Waals surface area contributed by atoms with E-state index >= 15 is 0 Å². The minimum atomic E-state index is -0.901. The fraction of sp³-hybridized carbons (Fsp3) is 0.583. The number of hydrogen-bond donors (Lipinski definition) is 2. The number of rotatable bonds is 4. The molecule has 3 atom stereocenters. The first-order chi connectivity index (χ1) is 8.35. The quantitative estimate of drug-likeness (QED) is 0.870. The van der Waals surface area contributed by atoms with Gasteiger partial charge in [-0.15, -0.1) is 11.3 Å². The number of carbonyl (C=O) groups is 2. The van der Waals surface area contributed by atoms with Gasteiger partial charge in [0.05, 0.1) is 17.9 Å². The Labute approximate surface area is 109 Å². The van der Waals surface area contributed by atoms with Crippen LogP contribution in [0, 0.1) is 17.3 Å².